The molecule has 3 nitrogen and oxygen atoms in total. The van der Waals surface area contributed by atoms with Crippen LogP contribution < -0.4 is 5.32 Å². The molecule has 1 aliphatic rings. The van der Waals surface area contributed by atoms with E-state index in [2.05, 4.69) is 41.4 Å². The van der Waals surface area contributed by atoms with Crippen molar-refractivity contribution in [3.05, 3.63) is 16.6 Å². The third-order valence-electron chi connectivity index (χ3n) is 3.65. The molecule has 17 heavy (non-hydrogen) atoms. The van der Waals surface area contributed by atoms with Crippen LogP contribution in [0.1, 0.15) is 32.9 Å². The SMILES string of the molecule is CCC1CN(Cc2cscn2)C(C(C)C)CN1. The van der Waals surface area contributed by atoms with Crippen molar-refractivity contribution in [3.63, 3.8) is 0 Å². The van der Waals surface area contributed by atoms with Gasteiger partial charge in [-0.15, -0.1) is 11.3 Å². The van der Waals surface area contributed by atoms with Crippen molar-refractivity contribution >= 4 is 11.3 Å². The first-order valence-corrected chi connectivity index (χ1v) is 7.49. The summed E-state index contributed by atoms with van der Waals surface area (Å²) >= 11 is 1.69. The molecule has 0 aliphatic carbocycles. The van der Waals surface area contributed by atoms with Crippen molar-refractivity contribution in [1.29, 1.82) is 0 Å². The Kier molecular flexibility index (Phi) is 4.54. The van der Waals surface area contributed by atoms with Crippen LogP contribution in [0.15, 0.2) is 10.9 Å². The van der Waals surface area contributed by atoms with Crippen molar-refractivity contribution in [3.8, 4) is 0 Å². The zero-order valence-electron chi connectivity index (χ0n) is 11.0. The fourth-order valence-electron chi connectivity index (χ4n) is 2.54. The second kappa shape index (κ2) is 5.94. The first-order valence-electron chi connectivity index (χ1n) is 6.55. The molecule has 1 fully saturated rings. The molecule has 1 aromatic rings. The molecule has 2 atom stereocenters. The van der Waals surface area contributed by atoms with E-state index in [9.17, 15) is 0 Å². The lowest BCUT2D eigenvalue weighted by atomic mass is 9.97. The molecular formula is C13H23N3S. The number of thiazole rings is 1. The Bertz CT molecular complexity index is 323. The molecule has 0 bridgehead atoms. The summed E-state index contributed by atoms with van der Waals surface area (Å²) in [5.74, 6) is 0.693. The predicted molar refractivity (Wildman–Crippen MR) is 73.2 cm³/mol. The maximum atomic E-state index is 4.41. The van der Waals surface area contributed by atoms with Crippen LogP contribution in [0.3, 0.4) is 0 Å². The second-order valence-corrected chi connectivity index (χ2v) is 5.95. The molecule has 1 aliphatic heterocycles. The van der Waals surface area contributed by atoms with E-state index in [4.69, 9.17) is 0 Å². The summed E-state index contributed by atoms with van der Waals surface area (Å²) in [7, 11) is 0. The van der Waals surface area contributed by atoms with Gasteiger partial charge in [0, 0.05) is 37.1 Å². The number of aromatic nitrogens is 1. The Morgan fingerprint density at radius 1 is 1.59 bits per heavy atom. The average molecular weight is 253 g/mol. The van der Waals surface area contributed by atoms with Crippen LogP contribution in [0.5, 0.6) is 0 Å². The zero-order valence-corrected chi connectivity index (χ0v) is 11.8. The summed E-state index contributed by atoms with van der Waals surface area (Å²) in [4.78, 5) is 7.01. The maximum Gasteiger partial charge on any atom is 0.0795 e. The van der Waals surface area contributed by atoms with Crippen LogP contribution in [0.25, 0.3) is 0 Å². The van der Waals surface area contributed by atoms with E-state index in [0.29, 0.717) is 18.0 Å². The Labute approximate surface area is 108 Å². The zero-order chi connectivity index (χ0) is 12.3. The lowest BCUT2D eigenvalue weighted by molar-refractivity contribution is 0.0890. The standard InChI is InChI=1S/C13H23N3S/c1-4-11-6-16(7-12-8-17-9-15-12)13(5-14-11)10(2)3/h8-11,13-14H,4-7H2,1-3H3. The maximum absolute atomic E-state index is 4.41. The van der Waals surface area contributed by atoms with Crippen LogP contribution in [0.2, 0.25) is 0 Å². The minimum atomic E-state index is 0.638. The Morgan fingerprint density at radius 2 is 2.41 bits per heavy atom. The van der Waals surface area contributed by atoms with Crippen molar-refractivity contribution in [2.24, 2.45) is 5.92 Å². The van der Waals surface area contributed by atoms with Gasteiger partial charge >= 0.3 is 0 Å². The van der Waals surface area contributed by atoms with E-state index in [1.54, 1.807) is 11.3 Å². The summed E-state index contributed by atoms with van der Waals surface area (Å²) < 4.78 is 0. The average Bonchev–Trinajstić information content (AvgIpc) is 2.81. The highest BCUT2D eigenvalue weighted by atomic mass is 32.1. The first-order chi connectivity index (χ1) is 8.20. The van der Waals surface area contributed by atoms with Gasteiger partial charge in [0.2, 0.25) is 0 Å². The third kappa shape index (κ3) is 3.27. The van der Waals surface area contributed by atoms with E-state index in [1.165, 1.54) is 12.1 Å². The fourth-order valence-corrected chi connectivity index (χ4v) is 3.09. The van der Waals surface area contributed by atoms with Gasteiger partial charge in [-0.3, -0.25) is 4.90 Å². The Balaban J connectivity index is 2.02. The summed E-state index contributed by atoms with van der Waals surface area (Å²) in [6.45, 7) is 10.1. The summed E-state index contributed by atoms with van der Waals surface area (Å²) in [6.07, 6.45) is 1.21. The number of hydrogen-bond acceptors (Lipinski definition) is 4. The smallest absolute Gasteiger partial charge is 0.0795 e. The van der Waals surface area contributed by atoms with Gasteiger partial charge in [-0.1, -0.05) is 20.8 Å². The molecule has 1 N–H and O–H groups in total. The van der Waals surface area contributed by atoms with Gasteiger partial charge in [0.1, 0.15) is 0 Å². The van der Waals surface area contributed by atoms with Crippen molar-refractivity contribution in [2.75, 3.05) is 13.1 Å². The molecule has 2 rings (SSSR count). The normalized spacial score (nSPS) is 26.6. The highest BCUT2D eigenvalue weighted by molar-refractivity contribution is 7.07. The molecule has 2 unspecified atom stereocenters. The predicted octanol–water partition coefficient (Wildman–Crippen LogP) is 2.35. The van der Waals surface area contributed by atoms with Gasteiger partial charge in [-0.05, 0) is 12.3 Å². The Morgan fingerprint density at radius 3 is 3.00 bits per heavy atom. The third-order valence-corrected chi connectivity index (χ3v) is 4.29. The molecule has 0 aromatic carbocycles. The lowest BCUT2D eigenvalue weighted by Crippen LogP contribution is -2.57. The van der Waals surface area contributed by atoms with Crippen molar-refractivity contribution in [2.45, 2.75) is 45.8 Å². The van der Waals surface area contributed by atoms with E-state index >= 15 is 0 Å². The number of piperazine rings is 1. The van der Waals surface area contributed by atoms with E-state index < -0.39 is 0 Å². The van der Waals surface area contributed by atoms with Crippen LogP contribution in [0, 0.1) is 5.92 Å². The van der Waals surface area contributed by atoms with Crippen molar-refractivity contribution < 1.29 is 0 Å². The highest BCUT2D eigenvalue weighted by Crippen LogP contribution is 2.19. The number of rotatable bonds is 4. The second-order valence-electron chi connectivity index (χ2n) is 5.23. The monoisotopic (exact) mass is 253 g/mol. The number of hydrogen-bond donors (Lipinski definition) is 1. The van der Waals surface area contributed by atoms with Gasteiger partial charge in [0.25, 0.3) is 0 Å². The van der Waals surface area contributed by atoms with E-state index in [1.807, 2.05) is 5.51 Å². The van der Waals surface area contributed by atoms with E-state index in [-0.39, 0.29) is 0 Å². The molecule has 1 aromatic heterocycles. The van der Waals surface area contributed by atoms with Gasteiger partial charge in [-0.25, -0.2) is 4.98 Å². The topological polar surface area (TPSA) is 28.2 Å². The van der Waals surface area contributed by atoms with Crippen LogP contribution in [-0.4, -0.2) is 35.1 Å². The quantitative estimate of drug-likeness (QED) is 0.893. The highest BCUT2D eigenvalue weighted by Gasteiger charge is 2.29. The molecule has 1 saturated heterocycles. The summed E-state index contributed by atoms with van der Waals surface area (Å²) in [5.41, 5.74) is 3.15. The Hall–Kier alpha value is -0.450. The molecule has 0 amide bonds. The molecule has 0 radical (unpaired) electrons. The molecule has 96 valence electrons. The van der Waals surface area contributed by atoms with Gasteiger partial charge < -0.3 is 5.32 Å². The number of nitrogens with zero attached hydrogens (tertiary/aromatic N) is 2. The molecule has 4 heteroatoms. The number of nitrogens with one attached hydrogen (secondary N) is 1. The van der Waals surface area contributed by atoms with Crippen LogP contribution >= 0.6 is 11.3 Å². The molecular weight excluding hydrogens is 230 g/mol. The molecule has 2 heterocycles. The minimum Gasteiger partial charge on any atom is -0.311 e. The fraction of sp³-hybridized carbons (Fsp3) is 0.769. The molecule has 0 saturated carbocycles. The van der Waals surface area contributed by atoms with Crippen LogP contribution in [0.4, 0.5) is 0 Å². The van der Waals surface area contributed by atoms with Crippen molar-refractivity contribution in [1.82, 2.24) is 15.2 Å². The largest absolute Gasteiger partial charge is 0.311 e. The lowest BCUT2D eigenvalue weighted by Gasteiger charge is -2.42. The van der Waals surface area contributed by atoms with E-state index in [0.717, 1.165) is 19.6 Å². The molecule has 0 spiro atoms. The van der Waals surface area contributed by atoms with Gasteiger partial charge in [-0.2, -0.15) is 0 Å². The van der Waals surface area contributed by atoms with Crippen LogP contribution in [-0.2, 0) is 6.54 Å². The summed E-state index contributed by atoms with van der Waals surface area (Å²) in [6, 6.07) is 1.28. The minimum absolute atomic E-state index is 0.638. The first kappa shape index (κ1) is 13.0. The van der Waals surface area contributed by atoms with Gasteiger partial charge in [0.05, 0.1) is 11.2 Å². The van der Waals surface area contributed by atoms with Gasteiger partial charge in [0.15, 0.2) is 0 Å². The summed E-state index contributed by atoms with van der Waals surface area (Å²) in [5, 5.41) is 5.82.